The highest BCUT2D eigenvalue weighted by Gasteiger charge is 2.60. The molecule has 0 spiro atoms. The SMILES string of the molecule is CC[C@@H]1OC(=O)[C@@H]2[C@H]1[C@H]1CC[C@@H]2O1. The van der Waals surface area contributed by atoms with E-state index in [0.717, 1.165) is 19.3 Å². The van der Waals surface area contributed by atoms with Crippen LogP contribution in [0.3, 0.4) is 0 Å². The van der Waals surface area contributed by atoms with Crippen molar-refractivity contribution in [1.29, 1.82) is 0 Å². The Balaban J connectivity index is 1.92. The van der Waals surface area contributed by atoms with E-state index in [0.29, 0.717) is 12.0 Å². The fourth-order valence-electron chi connectivity index (χ4n) is 3.16. The van der Waals surface area contributed by atoms with Crippen LogP contribution in [0.1, 0.15) is 26.2 Å². The third-order valence-electron chi connectivity index (χ3n) is 3.70. The summed E-state index contributed by atoms with van der Waals surface area (Å²) >= 11 is 0. The maximum atomic E-state index is 11.5. The number of cyclic esters (lactones) is 1. The first-order valence-electron chi connectivity index (χ1n) is 5.17. The molecule has 2 bridgehead atoms. The van der Waals surface area contributed by atoms with Crippen molar-refractivity contribution in [3.63, 3.8) is 0 Å². The molecule has 0 radical (unpaired) electrons. The van der Waals surface area contributed by atoms with Crippen LogP contribution >= 0.6 is 0 Å². The lowest BCUT2D eigenvalue weighted by Gasteiger charge is -2.20. The smallest absolute Gasteiger partial charge is 0.312 e. The number of fused-ring (bicyclic) bond motifs is 5. The highest BCUT2D eigenvalue weighted by Crippen LogP contribution is 2.50. The fourth-order valence-corrected chi connectivity index (χ4v) is 3.16. The second kappa shape index (κ2) is 2.47. The van der Waals surface area contributed by atoms with E-state index in [1.807, 2.05) is 0 Å². The van der Waals surface area contributed by atoms with E-state index in [1.165, 1.54) is 0 Å². The van der Waals surface area contributed by atoms with Crippen LogP contribution in [-0.2, 0) is 14.3 Å². The summed E-state index contributed by atoms with van der Waals surface area (Å²) in [5.41, 5.74) is 0. The van der Waals surface area contributed by atoms with Crippen molar-refractivity contribution in [2.75, 3.05) is 0 Å². The fraction of sp³-hybridized carbons (Fsp3) is 0.900. The molecule has 72 valence electrons. The maximum Gasteiger partial charge on any atom is 0.312 e. The molecular weight excluding hydrogens is 168 g/mol. The molecule has 0 N–H and O–H groups in total. The molecule has 0 aromatic carbocycles. The monoisotopic (exact) mass is 182 g/mol. The lowest BCUT2D eigenvalue weighted by atomic mass is 9.78. The van der Waals surface area contributed by atoms with Gasteiger partial charge in [-0.05, 0) is 19.3 Å². The van der Waals surface area contributed by atoms with Gasteiger partial charge in [-0.2, -0.15) is 0 Å². The molecular formula is C10H14O3. The zero-order valence-electron chi connectivity index (χ0n) is 7.73. The molecule has 3 saturated heterocycles. The third-order valence-corrected chi connectivity index (χ3v) is 3.70. The topological polar surface area (TPSA) is 35.5 Å². The molecule has 5 atom stereocenters. The van der Waals surface area contributed by atoms with E-state index in [1.54, 1.807) is 0 Å². The van der Waals surface area contributed by atoms with Crippen LogP contribution in [0.25, 0.3) is 0 Å². The zero-order valence-corrected chi connectivity index (χ0v) is 7.73. The summed E-state index contributed by atoms with van der Waals surface area (Å²) in [5.74, 6) is 0.434. The molecule has 3 heterocycles. The Morgan fingerprint density at radius 2 is 2.15 bits per heavy atom. The van der Waals surface area contributed by atoms with Gasteiger partial charge in [0.15, 0.2) is 0 Å². The van der Waals surface area contributed by atoms with Crippen molar-refractivity contribution in [2.45, 2.75) is 44.5 Å². The van der Waals surface area contributed by atoms with Crippen LogP contribution in [0.2, 0.25) is 0 Å². The number of ether oxygens (including phenoxy) is 2. The molecule has 13 heavy (non-hydrogen) atoms. The van der Waals surface area contributed by atoms with Crippen LogP contribution in [0, 0.1) is 11.8 Å². The molecule has 0 amide bonds. The van der Waals surface area contributed by atoms with E-state index in [4.69, 9.17) is 9.47 Å². The van der Waals surface area contributed by atoms with Crippen LogP contribution in [0.15, 0.2) is 0 Å². The van der Waals surface area contributed by atoms with E-state index in [-0.39, 0.29) is 24.1 Å². The highest BCUT2D eigenvalue weighted by atomic mass is 16.6. The van der Waals surface area contributed by atoms with Crippen molar-refractivity contribution in [3.8, 4) is 0 Å². The van der Waals surface area contributed by atoms with Gasteiger partial charge in [0.1, 0.15) is 6.10 Å². The van der Waals surface area contributed by atoms with E-state index < -0.39 is 0 Å². The van der Waals surface area contributed by atoms with E-state index >= 15 is 0 Å². The quantitative estimate of drug-likeness (QED) is 0.570. The Morgan fingerprint density at radius 3 is 2.92 bits per heavy atom. The van der Waals surface area contributed by atoms with Gasteiger partial charge < -0.3 is 9.47 Å². The highest BCUT2D eigenvalue weighted by molar-refractivity contribution is 5.76. The lowest BCUT2D eigenvalue weighted by Crippen LogP contribution is -2.30. The van der Waals surface area contributed by atoms with Gasteiger partial charge in [-0.3, -0.25) is 4.79 Å². The molecule has 0 unspecified atom stereocenters. The van der Waals surface area contributed by atoms with Crippen molar-refractivity contribution in [1.82, 2.24) is 0 Å². The second-order valence-corrected chi connectivity index (χ2v) is 4.28. The standard InChI is InChI=1S/C10H14O3/c1-2-5-8-6-3-4-7(12-6)9(8)10(11)13-5/h5-9H,2-4H2,1H3/t5-,6+,7-,8+,9-/m0/s1. The average Bonchev–Trinajstić information content (AvgIpc) is 2.76. The molecule has 0 aliphatic carbocycles. The van der Waals surface area contributed by atoms with Crippen molar-refractivity contribution < 1.29 is 14.3 Å². The molecule has 3 heteroatoms. The van der Waals surface area contributed by atoms with Gasteiger partial charge in [-0.1, -0.05) is 6.92 Å². The zero-order chi connectivity index (χ0) is 9.00. The first kappa shape index (κ1) is 7.80. The summed E-state index contributed by atoms with van der Waals surface area (Å²) < 4.78 is 11.1. The number of carbonyl (C=O) groups excluding carboxylic acids is 1. The third kappa shape index (κ3) is 0.857. The predicted molar refractivity (Wildman–Crippen MR) is 45.0 cm³/mol. The minimum Gasteiger partial charge on any atom is -0.462 e. The summed E-state index contributed by atoms with van der Waals surface area (Å²) in [6.45, 7) is 2.08. The molecule has 3 rings (SSSR count). The van der Waals surface area contributed by atoms with Gasteiger partial charge in [-0.25, -0.2) is 0 Å². The Labute approximate surface area is 77.4 Å². The van der Waals surface area contributed by atoms with Crippen molar-refractivity contribution in [3.05, 3.63) is 0 Å². The molecule has 0 saturated carbocycles. The van der Waals surface area contributed by atoms with Crippen LogP contribution in [0.4, 0.5) is 0 Å². The molecule has 3 nitrogen and oxygen atoms in total. The minimum absolute atomic E-state index is 0.0101. The molecule has 0 aromatic heterocycles. The predicted octanol–water partition coefficient (Wildman–Crippen LogP) is 1.12. The molecule has 3 aliphatic heterocycles. The van der Waals surface area contributed by atoms with Gasteiger partial charge >= 0.3 is 5.97 Å². The number of hydrogen-bond donors (Lipinski definition) is 0. The Hall–Kier alpha value is -0.570. The summed E-state index contributed by atoms with van der Waals surface area (Å²) in [6, 6.07) is 0. The number of rotatable bonds is 1. The van der Waals surface area contributed by atoms with E-state index in [2.05, 4.69) is 6.92 Å². The summed E-state index contributed by atoms with van der Waals surface area (Å²) in [5, 5.41) is 0. The average molecular weight is 182 g/mol. The molecule has 0 aromatic rings. The lowest BCUT2D eigenvalue weighted by molar-refractivity contribution is -0.147. The summed E-state index contributed by atoms with van der Waals surface area (Å²) in [6.07, 6.45) is 3.73. The van der Waals surface area contributed by atoms with Gasteiger partial charge in [0.2, 0.25) is 0 Å². The van der Waals surface area contributed by atoms with Crippen LogP contribution < -0.4 is 0 Å². The van der Waals surface area contributed by atoms with Crippen LogP contribution in [-0.4, -0.2) is 24.3 Å². The second-order valence-electron chi connectivity index (χ2n) is 4.28. The van der Waals surface area contributed by atoms with Gasteiger partial charge in [0, 0.05) is 5.92 Å². The van der Waals surface area contributed by atoms with Crippen molar-refractivity contribution in [2.24, 2.45) is 11.8 Å². The molecule has 3 aliphatic rings. The van der Waals surface area contributed by atoms with E-state index in [9.17, 15) is 4.79 Å². The number of carbonyl (C=O) groups is 1. The van der Waals surface area contributed by atoms with Crippen molar-refractivity contribution >= 4 is 5.97 Å². The first-order chi connectivity index (χ1) is 6.31. The Morgan fingerprint density at radius 1 is 1.38 bits per heavy atom. The normalized spacial score (nSPS) is 52.4. The first-order valence-corrected chi connectivity index (χ1v) is 5.17. The summed E-state index contributed by atoms with van der Waals surface area (Å²) in [7, 11) is 0. The maximum absolute atomic E-state index is 11.5. The number of esters is 1. The van der Waals surface area contributed by atoms with Crippen LogP contribution in [0.5, 0.6) is 0 Å². The van der Waals surface area contributed by atoms with Gasteiger partial charge in [-0.15, -0.1) is 0 Å². The van der Waals surface area contributed by atoms with Gasteiger partial charge in [0.25, 0.3) is 0 Å². The van der Waals surface area contributed by atoms with Gasteiger partial charge in [0.05, 0.1) is 18.1 Å². The largest absolute Gasteiger partial charge is 0.462 e. The number of hydrogen-bond acceptors (Lipinski definition) is 3. The minimum atomic E-state index is -0.0101. The Kier molecular flexibility index (Phi) is 1.48. The summed E-state index contributed by atoms with van der Waals surface area (Å²) in [4.78, 5) is 11.5. The molecule has 3 fully saturated rings. The Bertz CT molecular complexity index is 251.